The predicted octanol–water partition coefficient (Wildman–Crippen LogP) is 6.00. The van der Waals surface area contributed by atoms with Crippen LogP contribution in [0.15, 0.2) is 84.5 Å². The number of nitrogens with two attached hydrogens (primary N) is 1. The maximum absolute atomic E-state index is 12.7. The number of thiazole rings is 1. The lowest BCUT2D eigenvalue weighted by atomic mass is 10.0. The Hall–Kier alpha value is -4.03. The van der Waals surface area contributed by atoms with Crippen LogP contribution in [0.2, 0.25) is 0 Å². The van der Waals surface area contributed by atoms with Gasteiger partial charge >= 0.3 is 0 Å². The summed E-state index contributed by atoms with van der Waals surface area (Å²) in [6.45, 7) is 2.04. The van der Waals surface area contributed by atoms with Crippen LogP contribution in [-0.4, -0.2) is 21.0 Å². The fourth-order valence-electron chi connectivity index (χ4n) is 3.17. The number of aromatic amines is 1. The zero-order valence-corrected chi connectivity index (χ0v) is 18.3. The van der Waals surface area contributed by atoms with Crippen molar-refractivity contribution in [3.05, 3.63) is 112 Å². The molecule has 0 unspecified atom stereocenters. The van der Waals surface area contributed by atoms with Crippen molar-refractivity contribution >= 4 is 45.9 Å². The molecular formula is C26H22N4OS. The van der Waals surface area contributed by atoms with Crippen molar-refractivity contribution < 1.29 is 4.79 Å². The minimum absolute atomic E-state index is 0.0600. The summed E-state index contributed by atoms with van der Waals surface area (Å²) >= 11 is 1.67. The number of nitrogen functional groups attached to an aromatic ring is 1. The van der Waals surface area contributed by atoms with Crippen LogP contribution in [0.4, 0.5) is 5.69 Å². The number of aromatic nitrogens is 3. The van der Waals surface area contributed by atoms with E-state index in [1.807, 2.05) is 79.3 Å². The van der Waals surface area contributed by atoms with Crippen molar-refractivity contribution in [1.29, 1.82) is 0 Å². The Balaban J connectivity index is 0.000000354. The minimum atomic E-state index is -0.0600. The molecule has 0 bridgehead atoms. The molecule has 158 valence electrons. The fourth-order valence-corrected chi connectivity index (χ4v) is 3.58. The molecule has 5 rings (SSSR count). The van der Waals surface area contributed by atoms with Gasteiger partial charge in [0.15, 0.2) is 5.78 Å². The lowest BCUT2D eigenvalue weighted by molar-refractivity contribution is 0.103. The molecule has 0 aliphatic heterocycles. The third-order valence-electron chi connectivity index (χ3n) is 4.79. The number of aryl methyl sites for hydroxylation is 1. The van der Waals surface area contributed by atoms with Gasteiger partial charge in [-0.3, -0.25) is 14.9 Å². The van der Waals surface area contributed by atoms with Crippen molar-refractivity contribution in [2.24, 2.45) is 0 Å². The molecule has 0 aliphatic carbocycles. The van der Waals surface area contributed by atoms with E-state index >= 15 is 0 Å². The van der Waals surface area contributed by atoms with Crippen molar-refractivity contribution in [2.45, 2.75) is 6.92 Å². The van der Waals surface area contributed by atoms with Crippen molar-refractivity contribution in [3.8, 4) is 0 Å². The third kappa shape index (κ3) is 5.17. The highest BCUT2D eigenvalue weighted by Crippen LogP contribution is 2.22. The number of ketones is 1. The number of carbonyl (C=O) groups excluding carboxylic acids is 1. The van der Waals surface area contributed by atoms with Crippen LogP contribution in [0.5, 0.6) is 0 Å². The molecule has 2 aromatic heterocycles. The van der Waals surface area contributed by atoms with Crippen LogP contribution < -0.4 is 5.73 Å². The van der Waals surface area contributed by atoms with Crippen molar-refractivity contribution in [2.75, 3.05) is 5.73 Å². The molecule has 0 saturated carbocycles. The normalized spacial score (nSPS) is 10.8. The van der Waals surface area contributed by atoms with Gasteiger partial charge in [0.25, 0.3) is 0 Å². The van der Waals surface area contributed by atoms with Crippen LogP contribution >= 0.6 is 11.3 Å². The molecule has 0 amide bonds. The van der Waals surface area contributed by atoms with E-state index in [-0.39, 0.29) is 5.78 Å². The second-order valence-electron chi connectivity index (χ2n) is 7.18. The second-order valence-corrected chi connectivity index (χ2v) is 8.27. The molecule has 0 fully saturated rings. The molecule has 0 radical (unpaired) electrons. The Labute approximate surface area is 190 Å². The number of carbonyl (C=O) groups is 1. The largest absolute Gasteiger partial charge is 0.399 e. The van der Waals surface area contributed by atoms with Crippen LogP contribution in [0.25, 0.3) is 23.1 Å². The molecule has 32 heavy (non-hydrogen) atoms. The number of benzene rings is 3. The van der Waals surface area contributed by atoms with E-state index in [1.165, 1.54) is 4.88 Å². The van der Waals surface area contributed by atoms with E-state index < -0.39 is 0 Å². The maximum atomic E-state index is 12.7. The van der Waals surface area contributed by atoms with Gasteiger partial charge in [-0.25, -0.2) is 0 Å². The molecule has 6 heteroatoms. The summed E-state index contributed by atoms with van der Waals surface area (Å²) in [5.41, 5.74) is 12.1. The molecule has 0 saturated heterocycles. The fraction of sp³-hybridized carbons (Fsp3) is 0.0385. The first kappa shape index (κ1) is 21.2. The quantitative estimate of drug-likeness (QED) is 0.266. The summed E-state index contributed by atoms with van der Waals surface area (Å²) in [6.07, 6.45) is 5.83. The number of fused-ring (bicyclic) bond motifs is 1. The molecular weight excluding hydrogens is 416 g/mol. The molecule has 5 aromatic rings. The zero-order chi connectivity index (χ0) is 22.3. The maximum Gasteiger partial charge on any atom is 0.193 e. The van der Waals surface area contributed by atoms with Crippen LogP contribution in [-0.2, 0) is 0 Å². The number of H-pyrrole nitrogens is 1. The Morgan fingerprint density at radius 1 is 0.969 bits per heavy atom. The van der Waals surface area contributed by atoms with E-state index in [0.29, 0.717) is 16.8 Å². The first-order valence-electron chi connectivity index (χ1n) is 10.1. The summed E-state index contributed by atoms with van der Waals surface area (Å²) in [5, 5.41) is 8.33. The van der Waals surface area contributed by atoms with E-state index in [0.717, 1.165) is 22.2 Å². The van der Waals surface area contributed by atoms with Gasteiger partial charge in [-0.2, -0.15) is 5.10 Å². The molecule has 0 atom stereocenters. The monoisotopic (exact) mass is 438 g/mol. The lowest BCUT2D eigenvalue weighted by Crippen LogP contribution is -2.01. The topological polar surface area (TPSA) is 84.7 Å². The van der Waals surface area contributed by atoms with Crippen molar-refractivity contribution in [3.63, 3.8) is 0 Å². The van der Waals surface area contributed by atoms with Gasteiger partial charge in [0.2, 0.25) is 0 Å². The van der Waals surface area contributed by atoms with Crippen LogP contribution in [0, 0.1) is 6.92 Å². The Bertz CT molecular complexity index is 1360. The molecule has 3 aromatic carbocycles. The summed E-state index contributed by atoms with van der Waals surface area (Å²) in [4.78, 5) is 17.8. The van der Waals surface area contributed by atoms with E-state index in [4.69, 9.17) is 5.73 Å². The van der Waals surface area contributed by atoms with Crippen molar-refractivity contribution in [1.82, 2.24) is 15.2 Å². The summed E-state index contributed by atoms with van der Waals surface area (Å²) in [7, 11) is 0. The van der Waals surface area contributed by atoms with Gasteiger partial charge in [-0.15, -0.1) is 11.3 Å². The Morgan fingerprint density at radius 2 is 1.78 bits per heavy atom. The number of nitrogens with one attached hydrogen (secondary N) is 1. The zero-order valence-electron chi connectivity index (χ0n) is 17.5. The second kappa shape index (κ2) is 9.85. The smallest absolute Gasteiger partial charge is 0.193 e. The molecule has 0 spiro atoms. The van der Waals surface area contributed by atoms with E-state index in [2.05, 4.69) is 15.2 Å². The van der Waals surface area contributed by atoms with Gasteiger partial charge in [-0.1, -0.05) is 54.6 Å². The molecule has 2 heterocycles. The highest BCUT2D eigenvalue weighted by atomic mass is 32.1. The highest BCUT2D eigenvalue weighted by Gasteiger charge is 2.12. The number of rotatable bonds is 4. The van der Waals surface area contributed by atoms with Crippen LogP contribution in [0.1, 0.15) is 32.1 Å². The van der Waals surface area contributed by atoms with Gasteiger partial charge < -0.3 is 5.73 Å². The average Bonchev–Trinajstić information content (AvgIpc) is 3.47. The van der Waals surface area contributed by atoms with Crippen LogP contribution in [0.3, 0.4) is 0 Å². The highest BCUT2D eigenvalue weighted by molar-refractivity contribution is 7.09. The van der Waals surface area contributed by atoms with Gasteiger partial charge in [0.05, 0.1) is 16.7 Å². The Kier molecular flexibility index (Phi) is 6.53. The van der Waals surface area contributed by atoms with Gasteiger partial charge in [0, 0.05) is 33.3 Å². The van der Waals surface area contributed by atoms with E-state index in [1.54, 1.807) is 35.6 Å². The SMILES string of the molecule is Cc1cncs1.Nc1cccc(C(=O)c2ccc3c(C=Cc4ccccc4)n[nH]c3c2)c1. The summed E-state index contributed by atoms with van der Waals surface area (Å²) in [6, 6.07) is 22.6. The first-order chi connectivity index (χ1) is 15.6. The summed E-state index contributed by atoms with van der Waals surface area (Å²) < 4.78 is 0. The lowest BCUT2D eigenvalue weighted by Gasteiger charge is -2.02. The van der Waals surface area contributed by atoms with E-state index in [9.17, 15) is 4.79 Å². The van der Waals surface area contributed by atoms with Gasteiger partial charge in [0.1, 0.15) is 0 Å². The standard InChI is InChI=1S/C22H17N3O.C4H5NS/c23-18-8-4-7-16(13-18)22(26)17-10-11-19-20(24-25-21(19)14-17)12-9-15-5-2-1-3-6-15;1-4-2-5-3-6-4/h1-14H,23H2,(H,24,25);2-3H,1H3. The summed E-state index contributed by atoms with van der Waals surface area (Å²) in [5.74, 6) is -0.0600. The molecule has 0 aliphatic rings. The Morgan fingerprint density at radius 3 is 2.47 bits per heavy atom. The average molecular weight is 439 g/mol. The molecule has 5 nitrogen and oxygen atoms in total. The first-order valence-corrected chi connectivity index (χ1v) is 10.9. The third-order valence-corrected chi connectivity index (χ3v) is 5.50. The van der Waals surface area contributed by atoms with Gasteiger partial charge in [-0.05, 0) is 42.8 Å². The number of anilines is 1. The number of hydrogen-bond acceptors (Lipinski definition) is 5. The minimum Gasteiger partial charge on any atom is -0.399 e. The predicted molar refractivity (Wildman–Crippen MR) is 133 cm³/mol. The molecule has 3 N–H and O–H groups in total. The number of nitrogens with zero attached hydrogens (tertiary/aromatic N) is 2. The number of hydrogen-bond donors (Lipinski definition) is 2.